The van der Waals surface area contributed by atoms with E-state index < -0.39 is 6.61 Å². The fraction of sp³-hybridized carbons (Fsp3) is 0.538. The quantitative estimate of drug-likeness (QED) is 0.879. The van der Waals surface area contributed by atoms with Gasteiger partial charge in [-0.05, 0) is 43.0 Å². The first-order valence-corrected chi connectivity index (χ1v) is 6.14. The smallest absolute Gasteiger partial charge is 0.387 e. The molecule has 0 aromatic heterocycles. The molecule has 0 saturated heterocycles. The average molecular weight is 257 g/mol. The topological polar surface area (TPSA) is 32.7 Å². The Morgan fingerprint density at radius 2 is 2.22 bits per heavy atom. The number of fused-ring (bicyclic) bond motifs is 1. The third-order valence-electron chi connectivity index (χ3n) is 3.08. The summed E-state index contributed by atoms with van der Waals surface area (Å²) >= 11 is 0. The molecule has 3 nitrogen and oxygen atoms in total. The molecule has 0 fully saturated rings. The van der Waals surface area contributed by atoms with Crippen LogP contribution < -0.4 is 9.64 Å². The van der Waals surface area contributed by atoms with Gasteiger partial charge in [0.1, 0.15) is 5.75 Å². The van der Waals surface area contributed by atoms with E-state index in [1.54, 1.807) is 12.1 Å². The van der Waals surface area contributed by atoms with Gasteiger partial charge in [-0.25, -0.2) is 0 Å². The van der Waals surface area contributed by atoms with Crippen molar-refractivity contribution in [3.8, 4) is 5.75 Å². The van der Waals surface area contributed by atoms with Crippen LogP contribution in [0.4, 0.5) is 14.5 Å². The molecule has 1 aromatic carbocycles. The van der Waals surface area contributed by atoms with E-state index in [-0.39, 0.29) is 12.4 Å². The predicted octanol–water partition coefficient (Wildman–Crippen LogP) is 2.42. The number of hydrogen-bond donors (Lipinski definition) is 1. The van der Waals surface area contributed by atoms with Crippen molar-refractivity contribution in [3.63, 3.8) is 0 Å². The minimum Gasteiger partial charge on any atom is -0.435 e. The number of hydrogen-bond acceptors (Lipinski definition) is 3. The van der Waals surface area contributed by atoms with Crippen molar-refractivity contribution in [2.75, 3.05) is 24.6 Å². The first-order chi connectivity index (χ1) is 8.70. The number of halogens is 2. The van der Waals surface area contributed by atoms with Crippen molar-refractivity contribution < 1.29 is 18.6 Å². The highest BCUT2D eigenvalue weighted by molar-refractivity contribution is 5.58. The highest BCUT2D eigenvalue weighted by atomic mass is 19.3. The molecule has 1 heterocycles. The fourth-order valence-electron chi connectivity index (χ4n) is 2.32. The minimum atomic E-state index is -2.78. The van der Waals surface area contributed by atoms with Crippen molar-refractivity contribution in [1.29, 1.82) is 0 Å². The van der Waals surface area contributed by atoms with Crippen LogP contribution in [0, 0.1) is 0 Å². The lowest BCUT2D eigenvalue weighted by atomic mass is 10.0. The summed E-state index contributed by atoms with van der Waals surface area (Å²) in [5.74, 6) is 0.216. The van der Waals surface area contributed by atoms with Crippen LogP contribution in [0.15, 0.2) is 18.2 Å². The molecule has 0 saturated carbocycles. The van der Waals surface area contributed by atoms with E-state index in [4.69, 9.17) is 5.11 Å². The standard InChI is InChI=1S/C13H17F2NO2/c14-13(15)18-11-4-5-12-10(9-11)3-1-6-16(12)7-2-8-17/h4-5,9,13,17H,1-3,6-8H2. The predicted molar refractivity (Wildman–Crippen MR) is 65.3 cm³/mol. The van der Waals surface area contributed by atoms with Gasteiger partial charge in [0, 0.05) is 25.4 Å². The number of aryl methyl sites for hydroxylation is 1. The first kappa shape index (κ1) is 13.1. The van der Waals surface area contributed by atoms with Crippen LogP contribution in [0.3, 0.4) is 0 Å². The van der Waals surface area contributed by atoms with Crippen LogP contribution in [0.2, 0.25) is 0 Å². The molecular weight excluding hydrogens is 240 g/mol. The van der Waals surface area contributed by atoms with Crippen LogP contribution >= 0.6 is 0 Å². The van der Waals surface area contributed by atoms with Gasteiger partial charge in [-0.2, -0.15) is 8.78 Å². The van der Waals surface area contributed by atoms with E-state index in [2.05, 4.69) is 9.64 Å². The molecule has 0 atom stereocenters. The van der Waals surface area contributed by atoms with Crippen LogP contribution in [0.1, 0.15) is 18.4 Å². The zero-order chi connectivity index (χ0) is 13.0. The Labute approximate surface area is 105 Å². The molecule has 100 valence electrons. The van der Waals surface area contributed by atoms with Crippen LogP contribution in [-0.4, -0.2) is 31.4 Å². The maximum Gasteiger partial charge on any atom is 0.387 e. The van der Waals surface area contributed by atoms with Gasteiger partial charge in [0.15, 0.2) is 0 Å². The second-order valence-corrected chi connectivity index (χ2v) is 4.34. The number of aliphatic hydroxyl groups excluding tert-OH is 1. The van der Waals surface area contributed by atoms with Gasteiger partial charge in [-0.1, -0.05) is 0 Å². The van der Waals surface area contributed by atoms with E-state index in [1.807, 2.05) is 6.07 Å². The maximum atomic E-state index is 12.1. The summed E-state index contributed by atoms with van der Waals surface area (Å²) in [5, 5.41) is 8.86. The number of aliphatic hydroxyl groups is 1. The molecule has 0 aliphatic carbocycles. The molecule has 1 aliphatic rings. The van der Waals surface area contributed by atoms with Crippen LogP contribution in [0.25, 0.3) is 0 Å². The highest BCUT2D eigenvalue weighted by Gasteiger charge is 2.17. The zero-order valence-corrected chi connectivity index (χ0v) is 10.1. The molecule has 0 spiro atoms. The monoisotopic (exact) mass is 257 g/mol. The highest BCUT2D eigenvalue weighted by Crippen LogP contribution is 2.31. The van der Waals surface area contributed by atoms with Gasteiger partial charge in [0.25, 0.3) is 0 Å². The summed E-state index contributed by atoms with van der Waals surface area (Å²) in [5.41, 5.74) is 2.11. The third-order valence-corrected chi connectivity index (χ3v) is 3.08. The van der Waals surface area contributed by atoms with Gasteiger partial charge >= 0.3 is 6.61 Å². The molecule has 1 aliphatic heterocycles. The largest absolute Gasteiger partial charge is 0.435 e. The van der Waals surface area contributed by atoms with Gasteiger partial charge in [-0.3, -0.25) is 0 Å². The molecule has 18 heavy (non-hydrogen) atoms. The van der Waals surface area contributed by atoms with E-state index in [0.29, 0.717) is 6.42 Å². The van der Waals surface area contributed by atoms with Crippen molar-refractivity contribution >= 4 is 5.69 Å². The Balaban J connectivity index is 2.14. The van der Waals surface area contributed by atoms with E-state index >= 15 is 0 Å². The van der Waals surface area contributed by atoms with Crippen molar-refractivity contribution in [1.82, 2.24) is 0 Å². The molecule has 0 unspecified atom stereocenters. The summed E-state index contributed by atoms with van der Waals surface area (Å²) in [7, 11) is 0. The van der Waals surface area contributed by atoms with Gasteiger partial charge in [0.2, 0.25) is 0 Å². The summed E-state index contributed by atoms with van der Waals surface area (Å²) < 4.78 is 28.7. The van der Waals surface area contributed by atoms with Crippen molar-refractivity contribution in [2.45, 2.75) is 25.9 Å². The second-order valence-electron chi connectivity index (χ2n) is 4.34. The lowest BCUT2D eigenvalue weighted by molar-refractivity contribution is -0.0498. The summed E-state index contributed by atoms with van der Waals surface area (Å²) in [6.07, 6.45) is 2.59. The van der Waals surface area contributed by atoms with E-state index in [9.17, 15) is 8.78 Å². The molecular formula is C13H17F2NO2. The number of nitrogens with zero attached hydrogens (tertiary/aromatic N) is 1. The molecule has 1 aromatic rings. The Morgan fingerprint density at radius 3 is 2.94 bits per heavy atom. The number of rotatable bonds is 5. The molecule has 1 N–H and O–H groups in total. The number of ether oxygens (including phenoxy) is 1. The number of anilines is 1. The van der Waals surface area contributed by atoms with Gasteiger partial charge in [0.05, 0.1) is 0 Å². The molecule has 0 radical (unpaired) electrons. The third kappa shape index (κ3) is 3.10. The molecule has 2 rings (SSSR count). The summed E-state index contributed by atoms with van der Waals surface area (Å²) in [6, 6.07) is 5.08. The van der Waals surface area contributed by atoms with E-state index in [0.717, 1.165) is 37.2 Å². The lowest BCUT2D eigenvalue weighted by Crippen LogP contribution is -2.30. The fourth-order valence-corrected chi connectivity index (χ4v) is 2.32. The summed E-state index contributed by atoms with van der Waals surface area (Å²) in [6.45, 7) is -0.879. The van der Waals surface area contributed by atoms with Crippen LogP contribution in [-0.2, 0) is 6.42 Å². The summed E-state index contributed by atoms with van der Waals surface area (Å²) in [4.78, 5) is 2.18. The molecule has 0 bridgehead atoms. The number of benzene rings is 1. The molecule has 0 amide bonds. The van der Waals surface area contributed by atoms with Crippen molar-refractivity contribution in [2.24, 2.45) is 0 Å². The number of alkyl halides is 2. The Hall–Kier alpha value is -1.36. The zero-order valence-electron chi connectivity index (χ0n) is 10.1. The van der Waals surface area contributed by atoms with Crippen molar-refractivity contribution in [3.05, 3.63) is 23.8 Å². The average Bonchev–Trinajstić information content (AvgIpc) is 2.35. The van der Waals surface area contributed by atoms with Gasteiger partial charge in [-0.15, -0.1) is 0 Å². The Kier molecular flexibility index (Phi) is 4.36. The maximum absolute atomic E-state index is 12.1. The van der Waals surface area contributed by atoms with Crippen LogP contribution in [0.5, 0.6) is 5.75 Å². The second kappa shape index (κ2) is 6.00. The Morgan fingerprint density at radius 1 is 1.39 bits per heavy atom. The van der Waals surface area contributed by atoms with E-state index in [1.165, 1.54) is 0 Å². The first-order valence-electron chi connectivity index (χ1n) is 6.14. The lowest BCUT2D eigenvalue weighted by Gasteiger charge is -2.31. The normalized spacial score (nSPS) is 14.8. The minimum absolute atomic E-state index is 0.165. The SMILES string of the molecule is OCCCN1CCCc2cc(OC(F)F)ccc21. The van der Waals surface area contributed by atoms with Gasteiger partial charge < -0.3 is 14.7 Å². The Bertz CT molecular complexity index is 399. The molecule has 5 heteroatoms.